The van der Waals surface area contributed by atoms with Crippen LogP contribution in [0.25, 0.3) is 0 Å². The van der Waals surface area contributed by atoms with Crippen LogP contribution in [0.1, 0.15) is 26.7 Å². The summed E-state index contributed by atoms with van der Waals surface area (Å²) in [6.07, 6.45) is 1.95. The van der Waals surface area contributed by atoms with Crippen molar-refractivity contribution in [1.82, 2.24) is 5.32 Å². The van der Waals surface area contributed by atoms with Gasteiger partial charge in [0, 0.05) is 13.0 Å². The van der Waals surface area contributed by atoms with Gasteiger partial charge in [-0.3, -0.25) is 4.79 Å². The summed E-state index contributed by atoms with van der Waals surface area (Å²) in [5, 5.41) is 2.60. The molecule has 2 atom stereocenters. The Labute approximate surface area is 97.8 Å². The minimum atomic E-state index is -0.537. The van der Waals surface area contributed by atoms with Crippen molar-refractivity contribution < 1.29 is 4.79 Å². The van der Waals surface area contributed by atoms with Crippen LogP contribution in [0.4, 0.5) is 0 Å². The van der Waals surface area contributed by atoms with Crippen LogP contribution in [-0.4, -0.2) is 19.0 Å². The molecule has 0 spiro atoms. The molecule has 0 bridgehead atoms. The molecule has 1 aliphatic carbocycles. The Morgan fingerprint density at radius 3 is 2.62 bits per heavy atom. The molecule has 0 radical (unpaired) electrons. The second-order valence-electron chi connectivity index (χ2n) is 5.24. The van der Waals surface area contributed by atoms with Gasteiger partial charge in [0.05, 0.1) is 6.04 Å². The molecule has 0 aromatic rings. The minimum absolute atomic E-state index is 0.00417. The Balaban J connectivity index is 3.00. The summed E-state index contributed by atoms with van der Waals surface area (Å²) in [5.74, 6) is -0.150. The first kappa shape index (κ1) is 13.0. The number of hydrogen-bond donors (Lipinski definition) is 2. The number of hydrogen-bond acceptors (Lipinski definition) is 2. The molecule has 1 rings (SSSR count). The van der Waals surface area contributed by atoms with Crippen molar-refractivity contribution in [2.45, 2.75) is 32.7 Å². The molecule has 3 nitrogen and oxygen atoms in total. The van der Waals surface area contributed by atoms with Gasteiger partial charge < -0.3 is 11.1 Å². The fraction of sp³-hybridized carbons (Fsp3) is 0.615. The van der Waals surface area contributed by atoms with Gasteiger partial charge in [-0.05, 0) is 23.8 Å². The third-order valence-electron chi connectivity index (χ3n) is 3.65. The third kappa shape index (κ3) is 2.19. The van der Waals surface area contributed by atoms with Gasteiger partial charge in [0.15, 0.2) is 0 Å². The zero-order valence-electron chi connectivity index (χ0n) is 10.5. The van der Waals surface area contributed by atoms with E-state index in [0.717, 1.165) is 24.0 Å². The number of nitrogens with one attached hydrogen (secondary N) is 1. The lowest BCUT2D eigenvalue weighted by atomic mass is 9.62. The van der Waals surface area contributed by atoms with Crippen LogP contribution in [0.15, 0.2) is 24.3 Å². The van der Waals surface area contributed by atoms with Crippen molar-refractivity contribution in [3.05, 3.63) is 24.3 Å². The number of carbonyl (C=O) groups excluding carboxylic acids is 1. The van der Waals surface area contributed by atoms with E-state index in [9.17, 15) is 4.79 Å². The molecule has 0 aromatic heterocycles. The van der Waals surface area contributed by atoms with Crippen molar-refractivity contribution in [1.29, 1.82) is 0 Å². The van der Waals surface area contributed by atoms with E-state index in [1.54, 1.807) is 7.05 Å². The van der Waals surface area contributed by atoms with Crippen LogP contribution in [0.2, 0.25) is 0 Å². The highest BCUT2D eigenvalue weighted by atomic mass is 16.2. The predicted molar refractivity (Wildman–Crippen MR) is 66.8 cm³/mol. The lowest BCUT2D eigenvalue weighted by Crippen LogP contribution is -2.51. The number of nitrogens with two attached hydrogens (primary N) is 1. The molecule has 3 heteroatoms. The van der Waals surface area contributed by atoms with Gasteiger partial charge in [0.1, 0.15) is 0 Å². The Bertz CT molecular complexity index is 331. The number of rotatable bonds is 2. The summed E-state index contributed by atoms with van der Waals surface area (Å²) in [6.45, 7) is 12.3. The van der Waals surface area contributed by atoms with Crippen LogP contribution in [-0.2, 0) is 4.79 Å². The number of allylic oxidation sites excluding steroid dienone is 1. The fourth-order valence-corrected chi connectivity index (χ4v) is 2.50. The van der Waals surface area contributed by atoms with Crippen LogP contribution in [0.3, 0.4) is 0 Å². The maximum atomic E-state index is 11.6. The third-order valence-corrected chi connectivity index (χ3v) is 3.65. The molecule has 1 saturated carbocycles. The highest BCUT2D eigenvalue weighted by Crippen LogP contribution is 2.46. The molecular weight excluding hydrogens is 200 g/mol. The standard InChI is InChI=1S/C13H22N2O/c1-8-6-7-13(3,4)10(9(8)2)11(14)12(16)15-5/h10-11H,1-2,6-7,14H2,3-5H3,(H,15,16)/t10?,11-/m0/s1. The van der Waals surface area contributed by atoms with E-state index in [1.165, 1.54) is 0 Å². The first-order valence-corrected chi connectivity index (χ1v) is 5.65. The predicted octanol–water partition coefficient (Wildman–Crippen LogP) is 1.61. The summed E-state index contributed by atoms with van der Waals surface area (Å²) < 4.78 is 0. The molecule has 90 valence electrons. The molecule has 1 unspecified atom stereocenters. The first-order chi connectivity index (χ1) is 7.31. The second-order valence-corrected chi connectivity index (χ2v) is 5.24. The maximum absolute atomic E-state index is 11.6. The van der Waals surface area contributed by atoms with Gasteiger partial charge in [-0.1, -0.05) is 32.6 Å². The van der Waals surface area contributed by atoms with E-state index in [2.05, 4.69) is 32.3 Å². The lowest BCUT2D eigenvalue weighted by Gasteiger charge is -2.43. The maximum Gasteiger partial charge on any atom is 0.237 e. The van der Waals surface area contributed by atoms with Crippen molar-refractivity contribution >= 4 is 5.91 Å². The van der Waals surface area contributed by atoms with Crippen LogP contribution in [0, 0.1) is 11.3 Å². The molecule has 16 heavy (non-hydrogen) atoms. The van der Waals surface area contributed by atoms with E-state index >= 15 is 0 Å². The Morgan fingerprint density at radius 1 is 1.56 bits per heavy atom. The number of likely N-dealkylation sites (N-methyl/N-ethyl adjacent to an activating group) is 1. The largest absolute Gasteiger partial charge is 0.358 e. The molecule has 1 aliphatic rings. The summed E-state index contributed by atoms with van der Waals surface area (Å²) in [4.78, 5) is 11.6. The monoisotopic (exact) mass is 222 g/mol. The topological polar surface area (TPSA) is 55.1 Å². The van der Waals surface area contributed by atoms with E-state index in [-0.39, 0.29) is 17.2 Å². The average molecular weight is 222 g/mol. The van der Waals surface area contributed by atoms with Gasteiger partial charge >= 0.3 is 0 Å². The summed E-state index contributed by atoms with van der Waals surface area (Å²) in [7, 11) is 1.61. The number of carbonyl (C=O) groups is 1. The molecule has 0 heterocycles. The highest BCUT2D eigenvalue weighted by Gasteiger charge is 2.41. The molecule has 3 N–H and O–H groups in total. The Morgan fingerprint density at radius 2 is 2.12 bits per heavy atom. The zero-order chi connectivity index (χ0) is 12.5. The van der Waals surface area contributed by atoms with Crippen molar-refractivity contribution in [2.75, 3.05) is 7.05 Å². The number of amides is 1. The molecule has 1 amide bonds. The lowest BCUT2D eigenvalue weighted by molar-refractivity contribution is -0.123. The molecule has 0 aromatic carbocycles. The summed E-state index contributed by atoms with van der Waals surface area (Å²) in [6, 6.07) is -0.537. The van der Waals surface area contributed by atoms with Crippen LogP contribution >= 0.6 is 0 Å². The fourth-order valence-electron chi connectivity index (χ4n) is 2.50. The van der Waals surface area contributed by atoms with Gasteiger partial charge in [-0.2, -0.15) is 0 Å². The minimum Gasteiger partial charge on any atom is -0.358 e. The van der Waals surface area contributed by atoms with Crippen molar-refractivity contribution in [3.63, 3.8) is 0 Å². The zero-order valence-corrected chi connectivity index (χ0v) is 10.5. The van der Waals surface area contributed by atoms with E-state index in [4.69, 9.17) is 5.73 Å². The van der Waals surface area contributed by atoms with Crippen LogP contribution in [0.5, 0.6) is 0 Å². The normalized spacial score (nSPS) is 26.4. The summed E-state index contributed by atoms with van der Waals surface area (Å²) >= 11 is 0. The van der Waals surface area contributed by atoms with E-state index < -0.39 is 6.04 Å². The smallest absolute Gasteiger partial charge is 0.237 e. The quantitative estimate of drug-likeness (QED) is 0.745. The first-order valence-electron chi connectivity index (χ1n) is 5.65. The van der Waals surface area contributed by atoms with Gasteiger partial charge in [0.25, 0.3) is 0 Å². The van der Waals surface area contributed by atoms with Crippen LogP contribution < -0.4 is 11.1 Å². The summed E-state index contributed by atoms with van der Waals surface area (Å²) in [5.41, 5.74) is 7.99. The van der Waals surface area contributed by atoms with Crippen molar-refractivity contribution in [3.8, 4) is 0 Å². The van der Waals surface area contributed by atoms with Gasteiger partial charge in [-0.25, -0.2) is 0 Å². The molecule has 0 aliphatic heterocycles. The second kappa shape index (κ2) is 4.42. The average Bonchev–Trinajstić information content (AvgIpc) is 2.22. The van der Waals surface area contributed by atoms with E-state index in [1.807, 2.05) is 0 Å². The van der Waals surface area contributed by atoms with Gasteiger partial charge in [0.2, 0.25) is 5.91 Å². The Kier molecular flexibility index (Phi) is 3.58. The SMILES string of the molecule is C=C1CCC(C)(C)C([C@H](N)C(=O)NC)C1=C. The van der Waals surface area contributed by atoms with Gasteiger partial charge in [-0.15, -0.1) is 0 Å². The highest BCUT2D eigenvalue weighted by molar-refractivity contribution is 5.82. The van der Waals surface area contributed by atoms with Crippen molar-refractivity contribution in [2.24, 2.45) is 17.1 Å². The molecule has 0 saturated heterocycles. The molecular formula is C13H22N2O. The Hall–Kier alpha value is -1.09. The molecule has 1 fully saturated rings. The van der Waals surface area contributed by atoms with E-state index in [0.29, 0.717) is 0 Å².